The minimum absolute atomic E-state index is 0.126. The molecule has 0 N–H and O–H groups in total. The third kappa shape index (κ3) is 2.83. The molecule has 3 heteroatoms. The Morgan fingerprint density at radius 2 is 2.29 bits per heavy atom. The van der Waals surface area contributed by atoms with E-state index >= 15 is 0 Å². The van der Waals surface area contributed by atoms with Crippen molar-refractivity contribution in [1.29, 1.82) is 0 Å². The molecule has 0 amide bonds. The second kappa shape index (κ2) is 3.22. The molecule has 0 atom stereocenters. The van der Waals surface area contributed by atoms with Gasteiger partial charge >= 0.3 is 0 Å². The van der Waals surface area contributed by atoms with E-state index in [1.165, 1.54) is 11.9 Å². The summed E-state index contributed by atoms with van der Waals surface area (Å²) in [5.41, 5.74) is 0. The number of hydrogen-bond acceptors (Lipinski definition) is 1. The van der Waals surface area contributed by atoms with Crippen molar-refractivity contribution < 1.29 is 4.79 Å². The molecular weight excluding hydrogens is 179 g/mol. The predicted molar refractivity (Wildman–Crippen MR) is 33.5 cm³/mol. The van der Waals surface area contributed by atoms with Crippen molar-refractivity contribution in [1.82, 2.24) is 0 Å². The van der Waals surface area contributed by atoms with Crippen molar-refractivity contribution in [2.24, 2.45) is 0 Å². The standard InChI is InChI=1S/C4H4BrClO/c1-3(7)4(6)2-5/h2H,1H3/b4-2-. The molecule has 0 aromatic rings. The number of allylic oxidation sites excluding steroid dienone is 1. The van der Waals surface area contributed by atoms with Crippen LogP contribution in [0.1, 0.15) is 6.92 Å². The highest BCUT2D eigenvalue weighted by molar-refractivity contribution is 9.11. The fraction of sp³-hybridized carbons (Fsp3) is 0.250. The van der Waals surface area contributed by atoms with E-state index in [2.05, 4.69) is 15.9 Å². The maximum atomic E-state index is 10.1. The van der Waals surface area contributed by atoms with E-state index in [0.29, 0.717) is 0 Å². The molecule has 0 unspecified atom stereocenters. The summed E-state index contributed by atoms with van der Waals surface area (Å²) in [6.45, 7) is 1.40. The first-order chi connectivity index (χ1) is 3.18. The SMILES string of the molecule is CC(=O)/C(Cl)=C/Br. The van der Waals surface area contributed by atoms with E-state index in [-0.39, 0.29) is 10.8 Å². The second-order valence-corrected chi connectivity index (χ2v) is 1.88. The van der Waals surface area contributed by atoms with E-state index in [0.717, 1.165) is 0 Å². The Labute approximate surface area is 55.5 Å². The average molecular weight is 183 g/mol. The molecule has 0 rings (SSSR count). The second-order valence-electron chi connectivity index (χ2n) is 1.01. The molecule has 0 aliphatic heterocycles. The van der Waals surface area contributed by atoms with Crippen LogP contribution in [0, 0.1) is 0 Å². The van der Waals surface area contributed by atoms with Crippen LogP contribution in [-0.2, 0) is 4.79 Å². The highest BCUT2D eigenvalue weighted by atomic mass is 79.9. The van der Waals surface area contributed by atoms with Crippen LogP contribution in [0.25, 0.3) is 0 Å². The third-order valence-electron chi connectivity index (χ3n) is 0.432. The predicted octanol–water partition coefficient (Wildman–Crippen LogP) is 2.05. The highest BCUT2D eigenvalue weighted by Gasteiger charge is 1.93. The van der Waals surface area contributed by atoms with Gasteiger partial charge in [-0.25, -0.2) is 0 Å². The first-order valence-electron chi connectivity index (χ1n) is 1.65. The van der Waals surface area contributed by atoms with Gasteiger partial charge in [-0.2, -0.15) is 0 Å². The van der Waals surface area contributed by atoms with E-state index in [9.17, 15) is 4.79 Å². The fourth-order valence-electron chi connectivity index (χ4n) is 0.0768. The van der Waals surface area contributed by atoms with Gasteiger partial charge in [0.15, 0.2) is 5.78 Å². The summed E-state index contributed by atoms with van der Waals surface area (Å²) in [5.74, 6) is -0.126. The Balaban J connectivity index is 3.82. The van der Waals surface area contributed by atoms with Crippen LogP contribution < -0.4 is 0 Å². The molecule has 7 heavy (non-hydrogen) atoms. The van der Waals surface area contributed by atoms with Gasteiger partial charge in [-0.05, 0) is 0 Å². The van der Waals surface area contributed by atoms with Crippen LogP contribution in [0.2, 0.25) is 0 Å². The van der Waals surface area contributed by atoms with Crippen LogP contribution in [0.15, 0.2) is 10.0 Å². The smallest absolute Gasteiger partial charge is 0.171 e. The van der Waals surface area contributed by atoms with Crippen LogP contribution in [0.3, 0.4) is 0 Å². The van der Waals surface area contributed by atoms with Crippen LogP contribution in [0.5, 0.6) is 0 Å². The quantitative estimate of drug-likeness (QED) is 0.569. The Bertz CT molecular complexity index is 108. The molecule has 0 fully saturated rings. The lowest BCUT2D eigenvalue weighted by atomic mass is 10.4. The molecule has 0 bridgehead atoms. The number of rotatable bonds is 1. The maximum Gasteiger partial charge on any atom is 0.171 e. The summed E-state index contributed by atoms with van der Waals surface area (Å²) in [4.78, 5) is 11.5. The molecule has 0 saturated heterocycles. The first kappa shape index (κ1) is 7.18. The number of ketones is 1. The Hall–Kier alpha value is 0.180. The lowest BCUT2D eigenvalue weighted by Crippen LogP contribution is -1.84. The summed E-state index contributed by atoms with van der Waals surface area (Å²) < 4.78 is 0. The van der Waals surface area contributed by atoms with Gasteiger partial charge in [0.2, 0.25) is 0 Å². The van der Waals surface area contributed by atoms with E-state index in [1.807, 2.05) is 0 Å². The number of Topliss-reactive ketones (excluding diaryl/α,β-unsaturated/α-hetero) is 1. The van der Waals surface area contributed by atoms with Crippen LogP contribution in [0.4, 0.5) is 0 Å². The summed E-state index contributed by atoms with van der Waals surface area (Å²) in [5, 5.41) is 0.222. The highest BCUT2D eigenvalue weighted by Crippen LogP contribution is 2.03. The van der Waals surface area contributed by atoms with Crippen LogP contribution in [-0.4, -0.2) is 5.78 Å². The monoisotopic (exact) mass is 182 g/mol. The van der Waals surface area contributed by atoms with Gasteiger partial charge in [0, 0.05) is 11.9 Å². The van der Waals surface area contributed by atoms with Crippen molar-refractivity contribution in [2.75, 3.05) is 0 Å². The first-order valence-corrected chi connectivity index (χ1v) is 2.94. The Morgan fingerprint density at radius 1 is 1.86 bits per heavy atom. The molecule has 0 aromatic heterocycles. The third-order valence-corrected chi connectivity index (χ3v) is 1.53. The normalized spacial score (nSPS) is 11.6. The van der Waals surface area contributed by atoms with E-state index < -0.39 is 0 Å². The van der Waals surface area contributed by atoms with E-state index in [1.54, 1.807) is 0 Å². The molecule has 0 aliphatic rings. The average Bonchev–Trinajstić information content (AvgIpc) is 1.65. The molecule has 0 spiro atoms. The van der Waals surface area contributed by atoms with Crippen molar-refractivity contribution in [3.63, 3.8) is 0 Å². The molecule has 40 valence electrons. The zero-order valence-corrected chi connectivity index (χ0v) is 6.08. The summed E-state index contributed by atoms with van der Waals surface area (Å²) in [6.07, 6.45) is 0. The Kier molecular flexibility index (Phi) is 3.30. The minimum Gasteiger partial charge on any atom is -0.294 e. The lowest BCUT2D eigenvalue weighted by Gasteiger charge is -1.81. The Morgan fingerprint density at radius 3 is 2.29 bits per heavy atom. The number of halogens is 2. The van der Waals surface area contributed by atoms with Crippen molar-refractivity contribution in [2.45, 2.75) is 6.92 Å². The maximum absolute atomic E-state index is 10.1. The van der Waals surface area contributed by atoms with E-state index in [4.69, 9.17) is 11.6 Å². The molecule has 0 aromatic carbocycles. The van der Waals surface area contributed by atoms with Crippen molar-refractivity contribution >= 4 is 33.3 Å². The van der Waals surface area contributed by atoms with Crippen LogP contribution >= 0.6 is 27.5 Å². The topological polar surface area (TPSA) is 17.1 Å². The molecule has 0 heterocycles. The lowest BCUT2D eigenvalue weighted by molar-refractivity contribution is -0.113. The number of carbonyl (C=O) groups is 1. The molecule has 1 nitrogen and oxygen atoms in total. The zero-order chi connectivity index (χ0) is 5.86. The summed E-state index contributed by atoms with van der Waals surface area (Å²) in [7, 11) is 0. The van der Waals surface area contributed by atoms with Gasteiger partial charge in [0.1, 0.15) is 0 Å². The molecular formula is C4H4BrClO. The summed E-state index contributed by atoms with van der Waals surface area (Å²) in [6, 6.07) is 0. The number of carbonyl (C=O) groups excluding carboxylic acids is 1. The molecule has 0 saturated carbocycles. The fourth-order valence-corrected chi connectivity index (χ4v) is 0.399. The van der Waals surface area contributed by atoms with Crippen molar-refractivity contribution in [3.05, 3.63) is 10.0 Å². The van der Waals surface area contributed by atoms with Crippen molar-refractivity contribution in [3.8, 4) is 0 Å². The van der Waals surface area contributed by atoms with Gasteiger partial charge in [-0.15, -0.1) is 0 Å². The summed E-state index contributed by atoms with van der Waals surface area (Å²) >= 11 is 8.17. The number of hydrogen-bond donors (Lipinski definition) is 0. The largest absolute Gasteiger partial charge is 0.294 e. The van der Waals surface area contributed by atoms with Gasteiger partial charge in [-0.1, -0.05) is 27.5 Å². The van der Waals surface area contributed by atoms with Gasteiger partial charge in [0.25, 0.3) is 0 Å². The van der Waals surface area contributed by atoms with Gasteiger partial charge in [0.05, 0.1) is 5.03 Å². The molecule has 0 aliphatic carbocycles. The zero-order valence-electron chi connectivity index (χ0n) is 3.74. The molecule has 0 radical (unpaired) electrons. The minimum atomic E-state index is -0.126. The van der Waals surface area contributed by atoms with Gasteiger partial charge < -0.3 is 0 Å². The van der Waals surface area contributed by atoms with Gasteiger partial charge in [-0.3, -0.25) is 4.79 Å².